The van der Waals surface area contributed by atoms with Crippen LogP contribution in [0.25, 0.3) is 0 Å². The predicted molar refractivity (Wildman–Crippen MR) is 87.1 cm³/mol. The summed E-state index contributed by atoms with van der Waals surface area (Å²) in [5.74, 6) is 0.0315. The van der Waals surface area contributed by atoms with Crippen molar-refractivity contribution in [3.05, 3.63) is 52.5 Å². The maximum atomic E-state index is 12.1. The molecule has 128 valence electrons. The fourth-order valence-electron chi connectivity index (χ4n) is 2.27. The molecule has 0 saturated heterocycles. The molecular formula is C17H18O6S. The molecule has 6 nitrogen and oxygen atoms in total. The second-order valence-electron chi connectivity index (χ2n) is 5.51. The minimum absolute atomic E-state index is 0.121. The second kappa shape index (κ2) is 6.60. The summed E-state index contributed by atoms with van der Waals surface area (Å²) in [6.45, 7) is 4.71. The maximum absolute atomic E-state index is 12.1. The summed E-state index contributed by atoms with van der Waals surface area (Å²) in [7, 11) is -3.32. The number of esters is 1. The minimum Gasteiger partial charge on any atom is -0.465 e. The molecule has 0 amide bonds. The molecule has 0 fully saturated rings. The van der Waals surface area contributed by atoms with Crippen LogP contribution < -0.4 is 0 Å². The lowest BCUT2D eigenvalue weighted by molar-refractivity contribution is 0.0472. The standard InChI is InChI=1S/C17H18O6S/c1-10-11(2)23-12(3)16(10)17(19)22-9-15(18)13-5-7-14(8-6-13)24(4,20)21/h5-8H,9H2,1-4H3. The molecule has 7 heteroatoms. The van der Waals surface area contributed by atoms with Gasteiger partial charge in [0.15, 0.2) is 22.2 Å². The van der Waals surface area contributed by atoms with Crippen LogP contribution in [0.4, 0.5) is 0 Å². The average Bonchev–Trinajstić information content (AvgIpc) is 2.76. The van der Waals surface area contributed by atoms with E-state index in [1.54, 1.807) is 20.8 Å². The van der Waals surface area contributed by atoms with E-state index in [1.165, 1.54) is 24.3 Å². The molecule has 0 aliphatic carbocycles. The van der Waals surface area contributed by atoms with Crippen molar-refractivity contribution in [3.8, 4) is 0 Å². The van der Waals surface area contributed by atoms with Gasteiger partial charge in [0.1, 0.15) is 17.1 Å². The summed E-state index contributed by atoms with van der Waals surface area (Å²) in [6, 6.07) is 5.48. The zero-order valence-electron chi connectivity index (χ0n) is 13.9. The van der Waals surface area contributed by atoms with Crippen molar-refractivity contribution in [2.45, 2.75) is 25.7 Å². The fourth-order valence-corrected chi connectivity index (χ4v) is 2.90. The van der Waals surface area contributed by atoms with E-state index in [4.69, 9.17) is 9.15 Å². The van der Waals surface area contributed by atoms with Gasteiger partial charge >= 0.3 is 5.97 Å². The quantitative estimate of drug-likeness (QED) is 0.608. The topological polar surface area (TPSA) is 90.7 Å². The van der Waals surface area contributed by atoms with Crippen molar-refractivity contribution < 1.29 is 27.2 Å². The number of carbonyl (C=O) groups excluding carboxylic acids is 2. The van der Waals surface area contributed by atoms with Gasteiger partial charge in [-0.2, -0.15) is 0 Å². The van der Waals surface area contributed by atoms with Crippen LogP contribution in [0.5, 0.6) is 0 Å². The molecule has 0 unspecified atom stereocenters. The summed E-state index contributed by atoms with van der Waals surface area (Å²) >= 11 is 0. The summed E-state index contributed by atoms with van der Waals surface area (Å²) in [6.07, 6.45) is 1.09. The number of sulfone groups is 1. The van der Waals surface area contributed by atoms with Crippen molar-refractivity contribution in [1.29, 1.82) is 0 Å². The van der Waals surface area contributed by atoms with Crippen LogP contribution in [0.2, 0.25) is 0 Å². The number of ether oxygens (including phenoxy) is 1. The Kier molecular flexibility index (Phi) is 4.94. The zero-order chi connectivity index (χ0) is 18.1. The number of furan rings is 1. The summed E-state index contributed by atoms with van der Waals surface area (Å²) in [5, 5.41) is 0. The van der Waals surface area contributed by atoms with Gasteiger partial charge in [-0.25, -0.2) is 13.2 Å². The van der Waals surface area contributed by atoms with Gasteiger partial charge in [-0.05, 0) is 45.0 Å². The van der Waals surface area contributed by atoms with E-state index in [-0.39, 0.29) is 10.5 Å². The Balaban J connectivity index is 2.06. The first-order chi connectivity index (χ1) is 11.1. The molecule has 0 N–H and O–H groups in total. The van der Waals surface area contributed by atoms with Crippen LogP contribution in [0.15, 0.2) is 33.6 Å². The summed E-state index contributed by atoms with van der Waals surface area (Å²) in [4.78, 5) is 24.3. The Morgan fingerprint density at radius 3 is 2.08 bits per heavy atom. The van der Waals surface area contributed by atoms with Gasteiger partial charge in [0.2, 0.25) is 0 Å². The van der Waals surface area contributed by atoms with Crippen LogP contribution in [-0.4, -0.2) is 33.0 Å². The molecule has 0 bridgehead atoms. The van der Waals surface area contributed by atoms with E-state index in [9.17, 15) is 18.0 Å². The third-order valence-electron chi connectivity index (χ3n) is 3.70. The lowest BCUT2D eigenvalue weighted by Crippen LogP contribution is -2.15. The zero-order valence-corrected chi connectivity index (χ0v) is 14.7. The van der Waals surface area contributed by atoms with E-state index >= 15 is 0 Å². The highest BCUT2D eigenvalue weighted by molar-refractivity contribution is 7.90. The van der Waals surface area contributed by atoms with Crippen molar-refractivity contribution in [2.24, 2.45) is 0 Å². The molecule has 1 aromatic heterocycles. The molecule has 2 rings (SSSR count). The maximum Gasteiger partial charge on any atom is 0.342 e. The van der Waals surface area contributed by atoms with Crippen LogP contribution in [0.1, 0.15) is 37.8 Å². The highest BCUT2D eigenvalue weighted by atomic mass is 32.2. The number of carbonyl (C=O) groups is 2. The van der Waals surface area contributed by atoms with Gasteiger partial charge < -0.3 is 9.15 Å². The average molecular weight is 350 g/mol. The number of Topliss-reactive ketones (excluding diaryl/α,β-unsaturated/α-hetero) is 1. The molecule has 24 heavy (non-hydrogen) atoms. The number of hydrogen-bond acceptors (Lipinski definition) is 6. The molecule has 1 aromatic carbocycles. The Bertz CT molecular complexity index is 888. The first-order valence-corrected chi connectivity index (χ1v) is 9.07. The fraction of sp³-hybridized carbons (Fsp3) is 0.294. The van der Waals surface area contributed by atoms with Gasteiger partial charge in [-0.1, -0.05) is 0 Å². The third kappa shape index (κ3) is 3.73. The predicted octanol–water partition coefficient (Wildman–Crippen LogP) is 2.65. The lowest BCUT2D eigenvalue weighted by Gasteiger charge is -2.05. The van der Waals surface area contributed by atoms with Gasteiger partial charge in [-0.3, -0.25) is 4.79 Å². The van der Waals surface area contributed by atoms with E-state index in [2.05, 4.69) is 0 Å². The Morgan fingerprint density at radius 2 is 1.62 bits per heavy atom. The Hall–Kier alpha value is -2.41. The normalized spacial score (nSPS) is 11.3. The van der Waals surface area contributed by atoms with Crippen molar-refractivity contribution in [2.75, 3.05) is 12.9 Å². The van der Waals surface area contributed by atoms with E-state index in [0.717, 1.165) is 6.26 Å². The molecule has 0 aliphatic heterocycles. The van der Waals surface area contributed by atoms with E-state index in [1.807, 2.05) is 0 Å². The minimum atomic E-state index is -3.32. The van der Waals surface area contributed by atoms with Gasteiger partial charge in [0.05, 0.1) is 4.90 Å². The third-order valence-corrected chi connectivity index (χ3v) is 4.83. The van der Waals surface area contributed by atoms with Crippen molar-refractivity contribution >= 4 is 21.6 Å². The lowest BCUT2D eigenvalue weighted by atomic mass is 10.1. The number of rotatable bonds is 5. The first kappa shape index (κ1) is 17.9. The summed E-state index contributed by atoms with van der Waals surface area (Å²) < 4.78 is 33.2. The molecule has 0 aliphatic rings. The number of ketones is 1. The number of aryl methyl sites for hydroxylation is 2. The largest absolute Gasteiger partial charge is 0.465 e. The molecule has 0 saturated carbocycles. The molecule has 0 atom stereocenters. The van der Waals surface area contributed by atoms with Crippen molar-refractivity contribution in [3.63, 3.8) is 0 Å². The SMILES string of the molecule is Cc1oc(C)c(C(=O)OCC(=O)c2ccc(S(C)(=O)=O)cc2)c1C. The van der Waals surface area contributed by atoms with Crippen LogP contribution >= 0.6 is 0 Å². The Labute approximate surface area is 140 Å². The van der Waals surface area contributed by atoms with Crippen molar-refractivity contribution in [1.82, 2.24) is 0 Å². The first-order valence-electron chi connectivity index (χ1n) is 7.18. The van der Waals surface area contributed by atoms with Gasteiger partial charge in [-0.15, -0.1) is 0 Å². The second-order valence-corrected chi connectivity index (χ2v) is 7.53. The molecule has 2 aromatic rings. The smallest absolute Gasteiger partial charge is 0.342 e. The van der Waals surface area contributed by atoms with Gasteiger partial charge in [0.25, 0.3) is 0 Å². The number of hydrogen-bond donors (Lipinski definition) is 0. The van der Waals surface area contributed by atoms with Crippen LogP contribution in [-0.2, 0) is 14.6 Å². The number of benzene rings is 1. The Morgan fingerprint density at radius 1 is 1.04 bits per heavy atom. The molecule has 0 spiro atoms. The van der Waals surface area contributed by atoms with E-state index in [0.29, 0.717) is 22.6 Å². The van der Waals surface area contributed by atoms with Gasteiger partial charge in [0, 0.05) is 17.4 Å². The molecular weight excluding hydrogens is 332 g/mol. The highest BCUT2D eigenvalue weighted by Gasteiger charge is 2.21. The molecule has 1 heterocycles. The summed E-state index contributed by atoms with van der Waals surface area (Å²) in [5.41, 5.74) is 1.28. The molecule has 0 radical (unpaired) electrons. The van der Waals surface area contributed by atoms with Crippen LogP contribution in [0, 0.1) is 20.8 Å². The van der Waals surface area contributed by atoms with Crippen LogP contribution in [0.3, 0.4) is 0 Å². The highest BCUT2D eigenvalue weighted by Crippen LogP contribution is 2.21. The monoisotopic (exact) mass is 350 g/mol. The van der Waals surface area contributed by atoms with E-state index < -0.39 is 28.2 Å².